The number of halogens is 1. The number of carbonyl (C=O) groups excluding carboxylic acids is 1. The summed E-state index contributed by atoms with van der Waals surface area (Å²) in [5, 5.41) is 9.43. The third kappa shape index (κ3) is 5.28. The number of carboxylic acid groups (broad SMARTS) is 1. The molecule has 184 valence electrons. The topological polar surface area (TPSA) is 82.4 Å². The van der Waals surface area contributed by atoms with Crippen LogP contribution in [0.4, 0.5) is 10.1 Å². The molecule has 35 heavy (non-hydrogen) atoms. The third-order valence-electron chi connectivity index (χ3n) is 7.28. The van der Waals surface area contributed by atoms with Crippen molar-refractivity contribution in [2.45, 2.75) is 44.7 Å². The molecule has 8 heteroatoms. The molecule has 5 rings (SSSR count). The molecule has 1 aliphatic carbocycles. The number of aliphatic imine (C=N–C) groups is 1. The smallest absolute Gasteiger partial charge is 0.306 e. The van der Waals surface area contributed by atoms with Crippen LogP contribution >= 0.6 is 0 Å². The molecule has 2 aromatic carbocycles. The molecule has 2 aliphatic heterocycles. The fourth-order valence-corrected chi connectivity index (χ4v) is 5.35. The van der Waals surface area contributed by atoms with Gasteiger partial charge in [0, 0.05) is 43.3 Å². The van der Waals surface area contributed by atoms with E-state index >= 15 is 0 Å². The van der Waals surface area contributed by atoms with E-state index in [1.54, 1.807) is 0 Å². The van der Waals surface area contributed by atoms with Gasteiger partial charge in [-0.15, -0.1) is 0 Å². The van der Waals surface area contributed by atoms with Crippen LogP contribution < -0.4 is 4.90 Å². The highest BCUT2D eigenvalue weighted by molar-refractivity contribution is 6.12. The van der Waals surface area contributed by atoms with Gasteiger partial charge in [-0.3, -0.25) is 14.5 Å². The second-order valence-electron chi connectivity index (χ2n) is 9.58. The molecular weight excluding hydrogens is 449 g/mol. The van der Waals surface area contributed by atoms with E-state index in [1.165, 1.54) is 29.8 Å². The Hall–Kier alpha value is -3.10. The van der Waals surface area contributed by atoms with Gasteiger partial charge in [0.1, 0.15) is 11.7 Å². The largest absolute Gasteiger partial charge is 0.481 e. The summed E-state index contributed by atoms with van der Waals surface area (Å²) in [6, 6.07) is 12.0. The summed E-state index contributed by atoms with van der Waals surface area (Å²) >= 11 is 0. The van der Waals surface area contributed by atoms with Crippen LogP contribution in [0.25, 0.3) is 0 Å². The van der Waals surface area contributed by atoms with E-state index in [1.807, 2.05) is 0 Å². The number of anilines is 1. The molecule has 1 N–H and O–H groups in total. The summed E-state index contributed by atoms with van der Waals surface area (Å²) in [4.78, 5) is 33.4. The first-order chi connectivity index (χ1) is 17.0. The molecule has 0 radical (unpaired) electrons. The standard InChI is InChI=1S/C27H30FN3O4/c28-22-7-3-19(4-8-22)26(32)29-25-16-21-2-1-18(17-30-11-13-35-14-12-30)15-24(21)31(25)23-9-5-20(6-10-23)27(33)34/h1-4,7-8,15,20,23H,5-6,9-14,16-17H2,(H,33,34). The van der Waals surface area contributed by atoms with E-state index in [0.717, 1.165) is 56.9 Å². The number of nitrogens with zero attached hydrogens (tertiary/aromatic N) is 3. The van der Waals surface area contributed by atoms with Gasteiger partial charge in [0.2, 0.25) is 0 Å². The number of ether oxygens (including phenoxy) is 1. The fraction of sp³-hybridized carbons (Fsp3) is 0.444. The second kappa shape index (κ2) is 10.3. The summed E-state index contributed by atoms with van der Waals surface area (Å²) in [5.41, 5.74) is 3.71. The van der Waals surface area contributed by atoms with Crippen LogP contribution in [0.2, 0.25) is 0 Å². The number of amides is 1. The Morgan fingerprint density at radius 1 is 1.03 bits per heavy atom. The first kappa shape index (κ1) is 23.6. The van der Waals surface area contributed by atoms with Gasteiger partial charge in [-0.05, 0) is 67.1 Å². The highest BCUT2D eigenvalue weighted by atomic mass is 19.1. The maximum Gasteiger partial charge on any atom is 0.306 e. The van der Waals surface area contributed by atoms with Crippen LogP contribution in [0.1, 0.15) is 47.2 Å². The minimum atomic E-state index is -0.738. The zero-order chi connectivity index (χ0) is 24.4. The van der Waals surface area contributed by atoms with Gasteiger partial charge in [-0.25, -0.2) is 4.39 Å². The second-order valence-corrected chi connectivity index (χ2v) is 9.58. The summed E-state index contributed by atoms with van der Waals surface area (Å²) in [6.07, 6.45) is 3.22. The molecule has 0 atom stereocenters. The highest BCUT2D eigenvalue weighted by Gasteiger charge is 2.36. The molecule has 3 aliphatic rings. The van der Waals surface area contributed by atoms with Crippen LogP contribution in [0.5, 0.6) is 0 Å². The SMILES string of the molecule is O=C(N=C1Cc2ccc(CN3CCOCC3)cc2N1C1CCC(C(=O)O)CC1)c1ccc(F)cc1. The fourth-order valence-electron chi connectivity index (χ4n) is 5.35. The van der Waals surface area contributed by atoms with E-state index < -0.39 is 17.7 Å². The van der Waals surface area contributed by atoms with Crippen LogP contribution in [-0.4, -0.2) is 60.1 Å². The monoisotopic (exact) mass is 479 g/mol. The predicted molar refractivity (Wildman–Crippen MR) is 130 cm³/mol. The lowest BCUT2D eigenvalue weighted by molar-refractivity contribution is -0.142. The third-order valence-corrected chi connectivity index (χ3v) is 7.28. The zero-order valence-electron chi connectivity index (χ0n) is 19.7. The van der Waals surface area contributed by atoms with Crippen molar-refractivity contribution in [3.8, 4) is 0 Å². The predicted octanol–water partition coefficient (Wildman–Crippen LogP) is 3.90. The molecule has 7 nitrogen and oxygen atoms in total. The summed E-state index contributed by atoms with van der Waals surface area (Å²) in [5.74, 6) is -1.17. The Balaban J connectivity index is 1.43. The molecule has 0 spiro atoms. The van der Waals surface area contributed by atoms with Crippen molar-refractivity contribution in [3.63, 3.8) is 0 Å². The molecule has 1 amide bonds. The molecule has 2 fully saturated rings. The van der Waals surface area contributed by atoms with Crippen LogP contribution in [-0.2, 0) is 22.5 Å². The number of fused-ring (bicyclic) bond motifs is 1. The first-order valence-corrected chi connectivity index (χ1v) is 12.3. The average molecular weight is 480 g/mol. The van der Waals surface area contributed by atoms with E-state index in [2.05, 4.69) is 33.0 Å². The van der Waals surface area contributed by atoms with Crippen LogP contribution in [0, 0.1) is 11.7 Å². The molecule has 1 saturated carbocycles. The molecule has 1 saturated heterocycles. The van der Waals surface area contributed by atoms with Crippen molar-refractivity contribution < 1.29 is 23.8 Å². The minimum absolute atomic E-state index is 0.0882. The first-order valence-electron chi connectivity index (χ1n) is 12.3. The normalized spacial score (nSPS) is 23.9. The van der Waals surface area contributed by atoms with Gasteiger partial charge in [0.25, 0.3) is 5.91 Å². The number of amidine groups is 1. The maximum absolute atomic E-state index is 13.3. The van der Waals surface area contributed by atoms with Crippen LogP contribution in [0.3, 0.4) is 0 Å². The van der Waals surface area contributed by atoms with Crippen molar-refractivity contribution in [3.05, 3.63) is 65.0 Å². The van der Waals surface area contributed by atoms with Gasteiger partial charge >= 0.3 is 5.97 Å². The van der Waals surface area contributed by atoms with E-state index in [-0.39, 0.29) is 12.0 Å². The summed E-state index contributed by atoms with van der Waals surface area (Å²) in [6.45, 7) is 4.12. The number of benzene rings is 2. The number of aliphatic carboxylic acids is 1. The molecule has 2 aromatic rings. The van der Waals surface area contributed by atoms with E-state index in [0.29, 0.717) is 30.7 Å². The Morgan fingerprint density at radius 2 is 1.74 bits per heavy atom. The summed E-state index contributed by atoms with van der Waals surface area (Å²) < 4.78 is 18.8. The lowest BCUT2D eigenvalue weighted by atomic mass is 9.85. The molecule has 0 aromatic heterocycles. The molecule has 2 heterocycles. The van der Waals surface area contributed by atoms with Gasteiger partial charge < -0.3 is 14.7 Å². The number of morpholine rings is 1. The van der Waals surface area contributed by atoms with Gasteiger partial charge in [-0.1, -0.05) is 12.1 Å². The Kier molecular flexibility index (Phi) is 6.92. The Morgan fingerprint density at radius 3 is 2.43 bits per heavy atom. The Bertz CT molecular complexity index is 1120. The van der Waals surface area contributed by atoms with Crippen molar-refractivity contribution >= 4 is 23.4 Å². The highest BCUT2D eigenvalue weighted by Crippen LogP contribution is 2.38. The number of carbonyl (C=O) groups is 2. The number of rotatable bonds is 5. The van der Waals surface area contributed by atoms with Crippen molar-refractivity contribution in [1.29, 1.82) is 0 Å². The maximum atomic E-state index is 13.3. The lowest BCUT2D eigenvalue weighted by Crippen LogP contribution is -2.41. The van der Waals surface area contributed by atoms with E-state index in [9.17, 15) is 19.1 Å². The quantitative estimate of drug-likeness (QED) is 0.701. The van der Waals surface area contributed by atoms with E-state index in [4.69, 9.17) is 4.74 Å². The van der Waals surface area contributed by atoms with Gasteiger partial charge in [0.15, 0.2) is 0 Å². The van der Waals surface area contributed by atoms with Crippen molar-refractivity contribution in [2.75, 3.05) is 31.2 Å². The average Bonchev–Trinajstić information content (AvgIpc) is 3.22. The Labute approximate surface area is 204 Å². The van der Waals surface area contributed by atoms with Crippen molar-refractivity contribution in [2.24, 2.45) is 10.9 Å². The molecular formula is C27H30FN3O4. The molecule has 0 unspecified atom stereocenters. The number of hydrogen-bond acceptors (Lipinski definition) is 4. The van der Waals surface area contributed by atoms with Crippen molar-refractivity contribution in [1.82, 2.24) is 4.90 Å². The lowest BCUT2D eigenvalue weighted by Gasteiger charge is -2.35. The van der Waals surface area contributed by atoms with Gasteiger partial charge in [-0.2, -0.15) is 4.99 Å². The minimum Gasteiger partial charge on any atom is -0.481 e. The summed E-state index contributed by atoms with van der Waals surface area (Å²) in [7, 11) is 0. The number of hydrogen-bond donors (Lipinski definition) is 1. The zero-order valence-corrected chi connectivity index (χ0v) is 19.7. The molecule has 0 bridgehead atoms. The number of carboxylic acids is 1. The van der Waals surface area contributed by atoms with Crippen LogP contribution in [0.15, 0.2) is 47.5 Å². The van der Waals surface area contributed by atoms with Gasteiger partial charge in [0.05, 0.1) is 19.1 Å².